The minimum atomic E-state index is -4.43. The predicted molar refractivity (Wildman–Crippen MR) is 97.3 cm³/mol. The Labute approximate surface area is 161 Å². The molecule has 2 aromatic rings. The van der Waals surface area contributed by atoms with Gasteiger partial charge in [0.2, 0.25) is 17.6 Å². The second-order valence-corrected chi connectivity index (χ2v) is 7.15. The Morgan fingerprint density at radius 3 is 2.71 bits per heavy atom. The van der Waals surface area contributed by atoms with Crippen LogP contribution in [0.2, 0.25) is 0 Å². The number of carbonyl (C=O) groups is 1. The maximum atomic E-state index is 12.9. The molecule has 0 unspecified atom stereocenters. The van der Waals surface area contributed by atoms with Crippen LogP contribution in [-0.4, -0.2) is 34.0 Å². The van der Waals surface area contributed by atoms with E-state index in [-0.39, 0.29) is 23.2 Å². The Morgan fingerprint density at radius 1 is 1.29 bits per heavy atom. The molecule has 0 spiro atoms. The summed E-state index contributed by atoms with van der Waals surface area (Å²) in [5.74, 6) is 0.736. The lowest BCUT2D eigenvalue weighted by Gasteiger charge is -2.31. The number of benzene rings is 1. The van der Waals surface area contributed by atoms with Gasteiger partial charge in [0.25, 0.3) is 0 Å². The van der Waals surface area contributed by atoms with Gasteiger partial charge in [-0.05, 0) is 31.4 Å². The van der Waals surface area contributed by atoms with Crippen molar-refractivity contribution in [2.45, 2.75) is 51.6 Å². The van der Waals surface area contributed by atoms with Crippen molar-refractivity contribution in [3.05, 3.63) is 35.7 Å². The maximum absolute atomic E-state index is 12.9. The zero-order chi connectivity index (χ0) is 20.1. The van der Waals surface area contributed by atoms with Gasteiger partial charge >= 0.3 is 6.18 Å². The third-order valence-corrected chi connectivity index (χ3v) is 5.06. The topological polar surface area (TPSA) is 59.2 Å². The highest BCUT2D eigenvalue weighted by Crippen LogP contribution is 2.31. The Bertz CT molecular complexity index is 800. The molecule has 0 radical (unpaired) electrons. The second kappa shape index (κ2) is 8.75. The summed E-state index contributed by atoms with van der Waals surface area (Å²) >= 11 is 0. The number of nitrogens with zero attached hydrogens (tertiary/aromatic N) is 3. The first-order valence-corrected chi connectivity index (χ1v) is 9.67. The molecule has 0 atom stereocenters. The molecule has 0 bridgehead atoms. The number of amides is 1. The molecule has 0 saturated heterocycles. The predicted octanol–water partition coefficient (Wildman–Crippen LogP) is 4.73. The standard InChI is InChI=1S/C20H24F3N3O2/c1-2-3-11-26(19(27)14-6-4-7-14)12-10-17-24-18(25-28-17)15-8-5-9-16(13-15)20(21,22)23/h5,8-9,13-14H,2-4,6-7,10-12H2,1H3. The maximum Gasteiger partial charge on any atom is 0.416 e. The van der Waals surface area contributed by atoms with E-state index in [9.17, 15) is 18.0 Å². The van der Waals surface area contributed by atoms with Crippen molar-refractivity contribution in [2.24, 2.45) is 5.92 Å². The van der Waals surface area contributed by atoms with E-state index in [1.54, 1.807) is 0 Å². The van der Waals surface area contributed by atoms with Gasteiger partial charge in [0.1, 0.15) is 0 Å². The lowest BCUT2D eigenvalue weighted by atomic mass is 9.84. The molecular weight excluding hydrogens is 371 g/mol. The zero-order valence-corrected chi connectivity index (χ0v) is 15.8. The Morgan fingerprint density at radius 2 is 2.07 bits per heavy atom. The van der Waals surface area contributed by atoms with Gasteiger partial charge in [-0.25, -0.2) is 0 Å². The average Bonchev–Trinajstić information content (AvgIpc) is 3.08. The van der Waals surface area contributed by atoms with Crippen molar-refractivity contribution in [1.82, 2.24) is 15.0 Å². The van der Waals surface area contributed by atoms with Crippen molar-refractivity contribution < 1.29 is 22.5 Å². The Hall–Kier alpha value is -2.38. The molecule has 28 heavy (non-hydrogen) atoms. The highest BCUT2D eigenvalue weighted by Gasteiger charge is 2.31. The molecule has 1 aromatic heterocycles. The minimum Gasteiger partial charge on any atom is -0.342 e. The lowest BCUT2D eigenvalue weighted by molar-refractivity contribution is -0.138. The summed E-state index contributed by atoms with van der Waals surface area (Å²) in [6.45, 7) is 3.24. The van der Waals surface area contributed by atoms with Crippen LogP contribution < -0.4 is 0 Å². The number of hydrogen-bond donors (Lipinski definition) is 0. The fraction of sp³-hybridized carbons (Fsp3) is 0.550. The summed E-state index contributed by atoms with van der Waals surface area (Å²) in [4.78, 5) is 18.6. The van der Waals surface area contributed by atoms with E-state index in [0.29, 0.717) is 25.4 Å². The molecule has 1 aliphatic carbocycles. The van der Waals surface area contributed by atoms with Crippen molar-refractivity contribution >= 4 is 5.91 Å². The van der Waals surface area contributed by atoms with Crippen molar-refractivity contribution in [1.29, 1.82) is 0 Å². The summed E-state index contributed by atoms with van der Waals surface area (Å²) in [6.07, 6.45) is 0.871. The van der Waals surface area contributed by atoms with E-state index in [2.05, 4.69) is 17.1 Å². The molecular formula is C20H24F3N3O2. The number of carbonyl (C=O) groups excluding carboxylic acids is 1. The lowest BCUT2D eigenvalue weighted by Crippen LogP contribution is -2.40. The number of alkyl halides is 3. The van der Waals surface area contributed by atoms with Gasteiger partial charge in [0, 0.05) is 31.0 Å². The van der Waals surface area contributed by atoms with Gasteiger partial charge in [-0.2, -0.15) is 18.2 Å². The fourth-order valence-corrected chi connectivity index (χ4v) is 3.13. The summed E-state index contributed by atoms with van der Waals surface area (Å²) in [5.41, 5.74) is -0.508. The summed E-state index contributed by atoms with van der Waals surface area (Å²) < 4.78 is 43.8. The van der Waals surface area contributed by atoms with Crippen LogP contribution in [0.5, 0.6) is 0 Å². The summed E-state index contributed by atoms with van der Waals surface area (Å²) in [6, 6.07) is 4.83. The highest BCUT2D eigenvalue weighted by atomic mass is 19.4. The van der Waals surface area contributed by atoms with Crippen LogP contribution in [0.25, 0.3) is 11.4 Å². The first kappa shape index (κ1) is 20.4. The number of halogens is 3. The SMILES string of the molecule is CCCCN(CCc1nc(-c2cccc(C(F)(F)F)c2)no1)C(=O)C1CCC1. The van der Waals surface area contributed by atoms with Gasteiger partial charge in [-0.3, -0.25) is 4.79 Å². The molecule has 1 fully saturated rings. The van der Waals surface area contributed by atoms with Crippen LogP contribution in [0.4, 0.5) is 13.2 Å². The largest absolute Gasteiger partial charge is 0.416 e. The quantitative estimate of drug-likeness (QED) is 0.649. The first-order valence-electron chi connectivity index (χ1n) is 9.67. The normalized spacial score (nSPS) is 14.7. The second-order valence-electron chi connectivity index (χ2n) is 7.15. The molecule has 1 saturated carbocycles. The van der Waals surface area contributed by atoms with Gasteiger partial charge in [0.15, 0.2) is 0 Å². The molecule has 1 amide bonds. The molecule has 152 valence electrons. The molecule has 1 aliphatic rings. The van der Waals surface area contributed by atoms with E-state index < -0.39 is 11.7 Å². The van der Waals surface area contributed by atoms with Crippen molar-refractivity contribution in [2.75, 3.05) is 13.1 Å². The summed E-state index contributed by atoms with van der Waals surface area (Å²) in [5, 5.41) is 3.80. The van der Waals surface area contributed by atoms with Crippen LogP contribution in [0.15, 0.2) is 28.8 Å². The van der Waals surface area contributed by atoms with E-state index in [1.807, 2.05) is 4.90 Å². The van der Waals surface area contributed by atoms with Crippen LogP contribution in [-0.2, 0) is 17.4 Å². The van der Waals surface area contributed by atoms with Crippen LogP contribution in [0.1, 0.15) is 50.5 Å². The van der Waals surface area contributed by atoms with E-state index >= 15 is 0 Å². The van der Waals surface area contributed by atoms with E-state index in [4.69, 9.17) is 4.52 Å². The monoisotopic (exact) mass is 395 g/mol. The number of hydrogen-bond acceptors (Lipinski definition) is 4. The third kappa shape index (κ3) is 4.91. The Balaban J connectivity index is 1.65. The molecule has 5 nitrogen and oxygen atoms in total. The fourth-order valence-electron chi connectivity index (χ4n) is 3.13. The van der Waals surface area contributed by atoms with Gasteiger partial charge < -0.3 is 9.42 Å². The molecule has 3 rings (SSSR count). The van der Waals surface area contributed by atoms with E-state index in [1.165, 1.54) is 12.1 Å². The number of unbranched alkanes of at least 4 members (excludes halogenated alkanes) is 1. The molecule has 0 N–H and O–H groups in total. The minimum absolute atomic E-state index is 0.117. The van der Waals surface area contributed by atoms with Crippen molar-refractivity contribution in [3.8, 4) is 11.4 Å². The van der Waals surface area contributed by atoms with E-state index in [0.717, 1.165) is 44.2 Å². The van der Waals surface area contributed by atoms with Crippen molar-refractivity contribution in [3.63, 3.8) is 0 Å². The molecule has 1 aromatic carbocycles. The third-order valence-electron chi connectivity index (χ3n) is 5.06. The van der Waals surface area contributed by atoms with Crippen LogP contribution in [0, 0.1) is 5.92 Å². The van der Waals surface area contributed by atoms with Gasteiger partial charge in [-0.15, -0.1) is 0 Å². The molecule has 8 heteroatoms. The first-order chi connectivity index (χ1) is 13.4. The number of rotatable bonds is 8. The number of aromatic nitrogens is 2. The summed E-state index contributed by atoms with van der Waals surface area (Å²) in [7, 11) is 0. The van der Waals surface area contributed by atoms with Gasteiger partial charge in [0.05, 0.1) is 5.56 Å². The van der Waals surface area contributed by atoms with Gasteiger partial charge in [-0.1, -0.05) is 37.1 Å². The van der Waals surface area contributed by atoms with Crippen LogP contribution >= 0.6 is 0 Å². The molecule has 1 heterocycles. The average molecular weight is 395 g/mol. The zero-order valence-electron chi connectivity index (χ0n) is 15.8. The molecule has 0 aliphatic heterocycles. The Kier molecular flexibility index (Phi) is 6.36. The van der Waals surface area contributed by atoms with Crippen LogP contribution in [0.3, 0.4) is 0 Å². The highest BCUT2D eigenvalue weighted by molar-refractivity contribution is 5.79. The smallest absolute Gasteiger partial charge is 0.342 e.